The summed E-state index contributed by atoms with van der Waals surface area (Å²) in [6.45, 7) is 0. The van der Waals surface area contributed by atoms with Gasteiger partial charge in [-0.2, -0.15) is 0 Å². The van der Waals surface area contributed by atoms with Crippen molar-refractivity contribution in [2.24, 2.45) is 17.8 Å². The zero-order valence-corrected chi connectivity index (χ0v) is 12.0. The minimum Gasteiger partial charge on any atom is -0.480 e. The maximum atomic E-state index is 12.4. The second kappa shape index (κ2) is 5.88. The highest BCUT2D eigenvalue weighted by Crippen LogP contribution is 2.49. The molecular formula is C17H21NO3. The Kier molecular flexibility index (Phi) is 3.95. The number of nitrogens with one attached hydrogen (secondary N) is 1. The lowest BCUT2D eigenvalue weighted by atomic mass is 9.96. The molecule has 21 heavy (non-hydrogen) atoms. The molecule has 2 N–H and O–H groups in total. The lowest BCUT2D eigenvalue weighted by molar-refractivity contribution is -0.142. The number of benzene rings is 1. The van der Waals surface area contributed by atoms with Gasteiger partial charge in [0.25, 0.3) is 0 Å². The summed E-state index contributed by atoms with van der Waals surface area (Å²) in [6, 6.07) is 8.61. The molecule has 2 aliphatic carbocycles. The second-order valence-electron chi connectivity index (χ2n) is 6.29. The van der Waals surface area contributed by atoms with E-state index < -0.39 is 12.0 Å². The van der Waals surface area contributed by atoms with Crippen LogP contribution in [0.4, 0.5) is 0 Å². The zero-order chi connectivity index (χ0) is 14.8. The third-order valence-electron chi connectivity index (χ3n) is 4.46. The van der Waals surface area contributed by atoms with Crippen molar-refractivity contribution in [2.75, 3.05) is 0 Å². The molecule has 1 aromatic rings. The molecule has 1 aromatic carbocycles. The number of carboxylic acid groups (broad SMARTS) is 1. The zero-order valence-electron chi connectivity index (χ0n) is 12.0. The Morgan fingerprint density at radius 2 is 1.67 bits per heavy atom. The van der Waals surface area contributed by atoms with Crippen molar-refractivity contribution in [1.29, 1.82) is 0 Å². The van der Waals surface area contributed by atoms with Gasteiger partial charge >= 0.3 is 5.97 Å². The lowest BCUT2D eigenvalue weighted by Gasteiger charge is -2.20. The van der Waals surface area contributed by atoms with Gasteiger partial charge in [0, 0.05) is 12.3 Å². The van der Waals surface area contributed by atoms with E-state index in [-0.39, 0.29) is 11.8 Å². The first-order valence-electron chi connectivity index (χ1n) is 7.72. The van der Waals surface area contributed by atoms with Crippen molar-refractivity contribution in [3.8, 4) is 0 Å². The van der Waals surface area contributed by atoms with Crippen LogP contribution in [0.2, 0.25) is 0 Å². The van der Waals surface area contributed by atoms with E-state index in [9.17, 15) is 14.7 Å². The van der Waals surface area contributed by atoms with Crippen molar-refractivity contribution in [1.82, 2.24) is 5.32 Å². The fourth-order valence-electron chi connectivity index (χ4n) is 3.04. The number of rotatable bonds is 7. The minimum absolute atomic E-state index is 0.0441. The molecule has 4 heteroatoms. The smallest absolute Gasteiger partial charge is 0.326 e. The van der Waals surface area contributed by atoms with Gasteiger partial charge < -0.3 is 10.4 Å². The Labute approximate surface area is 124 Å². The Balaban J connectivity index is 1.64. The summed E-state index contributed by atoms with van der Waals surface area (Å²) in [6.07, 6.45) is 4.80. The SMILES string of the molecule is O=C(O)C(Cc1ccccc1)NC(=O)C(C1CC1)C1CC1. The molecule has 2 saturated carbocycles. The third-order valence-corrected chi connectivity index (χ3v) is 4.46. The Morgan fingerprint density at radius 3 is 2.14 bits per heavy atom. The summed E-state index contributed by atoms with van der Waals surface area (Å²) in [5, 5.41) is 12.1. The van der Waals surface area contributed by atoms with Gasteiger partial charge in [-0.1, -0.05) is 30.3 Å². The van der Waals surface area contributed by atoms with E-state index >= 15 is 0 Å². The van der Waals surface area contributed by atoms with E-state index in [0.29, 0.717) is 18.3 Å². The number of hydrogen-bond acceptors (Lipinski definition) is 2. The Bertz CT molecular complexity index is 508. The molecule has 0 heterocycles. The third kappa shape index (κ3) is 3.63. The van der Waals surface area contributed by atoms with Crippen molar-refractivity contribution >= 4 is 11.9 Å². The highest BCUT2D eigenvalue weighted by atomic mass is 16.4. The van der Waals surface area contributed by atoms with Gasteiger partial charge in [0.05, 0.1) is 0 Å². The Hall–Kier alpha value is -1.84. The predicted octanol–water partition coefficient (Wildman–Crippen LogP) is 2.23. The van der Waals surface area contributed by atoms with E-state index in [1.165, 1.54) is 0 Å². The molecular weight excluding hydrogens is 266 g/mol. The fourth-order valence-corrected chi connectivity index (χ4v) is 3.04. The summed E-state index contributed by atoms with van der Waals surface area (Å²) in [5.41, 5.74) is 0.930. The Morgan fingerprint density at radius 1 is 1.10 bits per heavy atom. The molecule has 3 rings (SSSR count). The molecule has 0 radical (unpaired) electrons. The molecule has 4 nitrogen and oxygen atoms in total. The first-order chi connectivity index (χ1) is 10.1. The molecule has 112 valence electrons. The first-order valence-corrected chi connectivity index (χ1v) is 7.72. The lowest BCUT2D eigenvalue weighted by Crippen LogP contribution is -2.45. The van der Waals surface area contributed by atoms with Crippen LogP contribution in [0.1, 0.15) is 31.2 Å². The maximum absolute atomic E-state index is 12.4. The summed E-state index contributed by atoms with van der Waals surface area (Å²) in [7, 11) is 0. The molecule has 0 aliphatic heterocycles. The standard InChI is InChI=1S/C17H21NO3/c19-16(15(12-6-7-12)13-8-9-13)18-14(17(20)21)10-11-4-2-1-3-5-11/h1-5,12-15H,6-10H2,(H,18,19)(H,20,21). The quantitative estimate of drug-likeness (QED) is 0.808. The van der Waals surface area contributed by atoms with E-state index in [1.54, 1.807) is 0 Å². The highest BCUT2D eigenvalue weighted by molar-refractivity contribution is 5.86. The van der Waals surface area contributed by atoms with Gasteiger partial charge in [0.2, 0.25) is 5.91 Å². The average Bonchev–Trinajstić information content (AvgIpc) is 3.34. The van der Waals surface area contributed by atoms with Crippen LogP contribution in [0.25, 0.3) is 0 Å². The van der Waals surface area contributed by atoms with Crippen LogP contribution in [0.5, 0.6) is 0 Å². The maximum Gasteiger partial charge on any atom is 0.326 e. The molecule has 0 spiro atoms. The normalized spacial score (nSPS) is 19.3. The molecule has 2 aliphatic rings. The van der Waals surface area contributed by atoms with Crippen LogP contribution in [0.3, 0.4) is 0 Å². The molecule has 0 aromatic heterocycles. The van der Waals surface area contributed by atoms with E-state index in [4.69, 9.17) is 0 Å². The number of amides is 1. The van der Waals surface area contributed by atoms with Crippen molar-refractivity contribution in [2.45, 2.75) is 38.1 Å². The molecule has 0 bridgehead atoms. The van der Waals surface area contributed by atoms with Crippen LogP contribution in [-0.4, -0.2) is 23.0 Å². The van der Waals surface area contributed by atoms with Crippen molar-refractivity contribution < 1.29 is 14.7 Å². The summed E-state index contributed by atoms with van der Waals surface area (Å²) < 4.78 is 0. The topological polar surface area (TPSA) is 66.4 Å². The summed E-state index contributed by atoms with van der Waals surface area (Å²) in [5.74, 6) is 0.0100. The fraction of sp³-hybridized carbons (Fsp3) is 0.529. The van der Waals surface area contributed by atoms with E-state index in [1.807, 2.05) is 30.3 Å². The van der Waals surface area contributed by atoms with E-state index in [0.717, 1.165) is 31.2 Å². The van der Waals surface area contributed by atoms with Gasteiger partial charge in [-0.05, 0) is 43.1 Å². The molecule has 1 unspecified atom stereocenters. The van der Waals surface area contributed by atoms with Crippen LogP contribution in [-0.2, 0) is 16.0 Å². The van der Waals surface area contributed by atoms with Gasteiger partial charge in [-0.3, -0.25) is 4.79 Å². The largest absolute Gasteiger partial charge is 0.480 e. The van der Waals surface area contributed by atoms with Gasteiger partial charge in [-0.25, -0.2) is 4.79 Å². The van der Waals surface area contributed by atoms with Crippen LogP contribution < -0.4 is 5.32 Å². The summed E-state index contributed by atoms with van der Waals surface area (Å²) in [4.78, 5) is 23.9. The predicted molar refractivity (Wildman–Crippen MR) is 78.7 cm³/mol. The summed E-state index contributed by atoms with van der Waals surface area (Å²) >= 11 is 0. The molecule has 2 fully saturated rings. The van der Waals surface area contributed by atoms with E-state index in [2.05, 4.69) is 5.32 Å². The number of hydrogen-bond donors (Lipinski definition) is 2. The second-order valence-corrected chi connectivity index (χ2v) is 6.29. The number of aliphatic carboxylic acids is 1. The van der Waals surface area contributed by atoms with Gasteiger partial charge in [0.1, 0.15) is 6.04 Å². The molecule has 1 atom stereocenters. The number of carbonyl (C=O) groups excluding carboxylic acids is 1. The van der Waals surface area contributed by atoms with Crippen LogP contribution >= 0.6 is 0 Å². The molecule has 0 saturated heterocycles. The monoisotopic (exact) mass is 287 g/mol. The van der Waals surface area contributed by atoms with Gasteiger partial charge in [-0.15, -0.1) is 0 Å². The average molecular weight is 287 g/mol. The molecule has 1 amide bonds. The van der Waals surface area contributed by atoms with Gasteiger partial charge in [0.15, 0.2) is 0 Å². The number of carboxylic acids is 1. The van der Waals surface area contributed by atoms with Crippen molar-refractivity contribution in [3.63, 3.8) is 0 Å². The minimum atomic E-state index is -0.961. The first kappa shape index (κ1) is 14.1. The highest BCUT2D eigenvalue weighted by Gasteiger charge is 2.46. The number of carbonyl (C=O) groups is 2. The van der Waals surface area contributed by atoms with Crippen LogP contribution in [0.15, 0.2) is 30.3 Å². The van der Waals surface area contributed by atoms with Crippen LogP contribution in [0, 0.1) is 17.8 Å². The van der Waals surface area contributed by atoms with Crippen molar-refractivity contribution in [3.05, 3.63) is 35.9 Å².